The van der Waals surface area contributed by atoms with Crippen LogP contribution in [0.15, 0.2) is 53.7 Å². The number of hydrogen-bond donors (Lipinski definition) is 1. The molecule has 1 aromatic heterocycles. The topological polar surface area (TPSA) is 100 Å². The Morgan fingerprint density at radius 1 is 1.17 bits per heavy atom. The Kier molecular flexibility index (Phi) is 7.07. The summed E-state index contributed by atoms with van der Waals surface area (Å²) >= 11 is 7.05. The average Bonchev–Trinajstić information content (AvgIpc) is 3.14. The second-order valence-electron chi connectivity index (χ2n) is 6.17. The van der Waals surface area contributed by atoms with E-state index in [1.54, 1.807) is 12.1 Å². The van der Waals surface area contributed by atoms with E-state index in [2.05, 4.69) is 10.2 Å². The van der Waals surface area contributed by atoms with Crippen molar-refractivity contribution < 1.29 is 18.7 Å². The molecule has 0 fully saturated rings. The van der Waals surface area contributed by atoms with E-state index < -0.39 is 23.8 Å². The largest absolute Gasteiger partial charge is 0.447 e. The lowest BCUT2D eigenvalue weighted by atomic mass is 10.1. The Balaban J connectivity index is 1.68. The third-order valence-corrected chi connectivity index (χ3v) is 5.33. The third kappa shape index (κ3) is 5.17. The summed E-state index contributed by atoms with van der Waals surface area (Å²) in [6, 6.07) is 12.2. The lowest BCUT2D eigenvalue weighted by Crippen LogP contribution is -2.27. The molecule has 2 aromatic carbocycles. The maximum Gasteiger partial charge on any atom is 0.317 e. The van der Waals surface area contributed by atoms with Crippen LogP contribution in [0.5, 0.6) is 0 Å². The normalized spacial score (nSPS) is 11.8. The first-order valence-corrected chi connectivity index (χ1v) is 10.3. The molecular formula is C20H18ClFN4O3S. The molecule has 1 amide bonds. The minimum Gasteiger partial charge on any atom is -0.447 e. The molecule has 30 heavy (non-hydrogen) atoms. The summed E-state index contributed by atoms with van der Waals surface area (Å²) in [6.07, 6.45) is -1.30. The maximum absolute atomic E-state index is 13.1. The van der Waals surface area contributed by atoms with E-state index in [4.69, 9.17) is 22.1 Å². The summed E-state index contributed by atoms with van der Waals surface area (Å²) in [5.41, 5.74) is 6.47. The molecule has 1 heterocycles. The van der Waals surface area contributed by atoms with Gasteiger partial charge in [-0.2, -0.15) is 0 Å². The molecule has 0 saturated heterocycles. The van der Waals surface area contributed by atoms with Crippen LogP contribution in [0.2, 0.25) is 5.02 Å². The highest BCUT2D eigenvalue weighted by Gasteiger charge is 2.23. The molecule has 0 aliphatic heterocycles. The number of benzene rings is 2. The smallest absolute Gasteiger partial charge is 0.317 e. The predicted molar refractivity (Wildman–Crippen MR) is 111 cm³/mol. The molecule has 0 aliphatic rings. The maximum atomic E-state index is 13.1. The molecule has 3 rings (SSSR count). The summed E-state index contributed by atoms with van der Waals surface area (Å²) < 4.78 is 20.2. The second kappa shape index (κ2) is 9.73. The molecule has 2 N–H and O–H groups in total. The Bertz CT molecular complexity index is 1040. The Labute approximate surface area is 181 Å². The fourth-order valence-electron chi connectivity index (χ4n) is 2.71. The minimum absolute atomic E-state index is 0.107. The summed E-state index contributed by atoms with van der Waals surface area (Å²) in [5, 5.41) is 9.48. The SMILES string of the molecule is CCn1c(SCC(=O)OC(C(N)=O)c2ccc(F)cc2)nnc1-c1ccc(Cl)cc1. The number of nitrogens with zero attached hydrogens (tertiary/aromatic N) is 3. The van der Waals surface area contributed by atoms with Gasteiger partial charge in [-0.3, -0.25) is 9.59 Å². The second-order valence-corrected chi connectivity index (χ2v) is 7.55. The number of esters is 1. The van der Waals surface area contributed by atoms with E-state index in [-0.39, 0.29) is 5.75 Å². The van der Waals surface area contributed by atoms with Crippen LogP contribution in [0.4, 0.5) is 4.39 Å². The van der Waals surface area contributed by atoms with Gasteiger partial charge in [0.1, 0.15) is 5.82 Å². The molecule has 0 bridgehead atoms. The van der Waals surface area contributed by atoms with Crippen LogP contribution in [0.1, 0.15) is 18.6 Å². The molecule has 0 spiro atoms. The molecular weight excluding hydrogens is 431 g/mol. The number of aromatic nitrogens is 3. The van der Waals surface area contributed by atoms with Gasteiger partial charge >= 0.3 is 5.97 Å². The van der Waals surface area contributed by atoms with Crippen LogP contribution >= 0.6 is 23.4 Å². The molecule has 1 atom stereocenters. The molecule has 3 aromatic rings. The van der Waals surface area contributed by atoms with Gasteiger partial charge in [0.25, 0.3) is 5.91 Å². The average molecular weight is 449 g/mol. The number of primary amides is 1. The van der Waals surface area contributed by atoms with Crippen molar-refractivity contribution in [1.29, 1.82) is 0 Å². The van der Waals surface area contributed by atoms with E-state index >= 15 is 0 Å². The zero-order chi connectivity index (χ0) is 21.7. The van der Waals surface area contributed by atoms with Crippen molar-refractivity contribution >= 4 is 35.2 Å². The van der Waals surface area contributed by atoms with Gasteiger partial charge in [0.15, 0.2) is 11.0 Å². The van der Waals surface area contributed by atoms with Crippen molar-refractivity contribution in [3.8, 4) is 11.4 Å². The summed E-state index contributed by atoms with van der Waals surface area (Å²) in [5.74, 6) is -1.44. The van der Waals surface area contributed by atoms with Crippen molar-refractivity contribution in [1.82, 2.24) is 14.8 Å². The van der Waals surface area contributed by atoms with E-state index in [0.29, 0.717) is 28.1 Å². The Morgan fingerprint density at radius 3 is 2.43 bits per heavy atom. The molecule has 0 radical (unpaired) electrons. The van der Waals surface area contributed by atoms with Crippen LogP contribution < -0.4 is 5.73 Å². The van der Waals surface area contributed by atoms with Gasteiger partial charge in [0.2, 0.25) is 6.10 Å². The van der Waals surface area contributed by atoms with Crippen LogP contribution in [-0.2, 0) is 20.9 Å². The quantitative estimate of drug-likeness (QED) is 0.417. The number of thioether (sulfide) groups is 1. The van der Waals surface area contributed by atoms with Crippen LogP contribution in [0, 0.1) is 5.82 Å². The molecule has 156 valence electrons. The number of amides is 1. The first-order chi connectivity index (χ1) is 14.4. The van der Waals surface area contributed by atoms with E-state index in [1.807, 2.05) is 23.6 Å². The molecule has 0 saturated carbocycles. The highest BCUT2D eigenvalue weighted by molar-refractivity contribution is 7.99. The van der Waals surface area contributed by atoms with E-state index in [1.165, 1.54) is 12.1 Å². The fourth-order valence-corrected chi connectivity index (χ4v) is 3.62. The molecule has 1 unspecified atom stereocenters. The van der Waals surface area contributed by atoms with Gasteiger partial charge in [0.05, 0.1) is 5.75 Å². The number of ether oxygens (including phenoxy) is 1. The lowest BCUT2D eigenvalue weighted by molar-refractivity contribution is -0.152. The standard InChI is InChI=1S/C20H18ClFN4O3S/c1-2-26-19(13-3-7-14(21)8-4-13)24-25-20(26)30-11-16(27)29-17(18(23)28)12-5-9-15(22)10-6-12/h3-10,17H,2,11H2,1H3,(H2,23,28). The van der Waals surface area contributed by atoms with Crippen LogP contribution in [-0.4, -0.2) is 32.4 Å². The number of carbonyl (C=O) groups excluding carboxylic acids is 2. The first kappa shape index (κ1) is 21.8. The van der Waals surface area contributed by atoms with Gasteiger partial charge in [0, 0.05) is 22.7 Å². The number of halogens is 2. The third-order valence-electron chi connectivity index (χ3n) is 4.14. The van der Waals surface area contributed by atoms with Crippen molar-refractivity contribution in [2.45, 2.75) is 24.7 Å². The zero-order valence-electron chi connectivity index (χ0n) is 15.9. The van der Waals surface area contributed by atoms with Crippen molar-refractivity contribution in [2.24, 2.45) is 5.73 Å². The number of hydrogen-bond acceptors (Lipinski definition) is 6. The van der Waals surface area contributed by atoms with Crippen molar-refractivity contribution in [3.05, 3.63) is 64.9 Å². The van der Waals surface area contributed by atoms with E-state index in [0.717, 1.165) is 29.5 Å². The van der Waals surface area contributed by atoms with E-state index in [9.17, 15) is 14.0 Å². The van der Waals surface area contributed by atoms with Gasteiger partial charge in [-0.1, -0.05) is 35.5 Å². The number of carbonyl (C=O) groups is 2. The van der Waals surface area contributed by atoms with Crippen molar-refractivity contribution in [2.75, 3.05) is 5.75 Å². The van der Waals surface area contributed by atoms with Crippen LogP contribution in [0.25, 0.3) is 11.4 Å². The lowest BCUT2D eigenvalue weighted by Gasteiger charge is -2.15. The molecule has 0 aliphatic carbocycles. The first-order valence-electron chi connectivity index (χ1n) is 8.95. The van der Waals surface area contributed by atoms with Crippen molar-refractivity contribution in [3.63, 3.8) is 0 Å². The fraction of sp³-hybridized carbons (Fsp3) is 0.200. The highest BCUT2D eigenvalue weighted by Crippen LogP contribution is 2.26. The zero-order valence-corrected chi connectivity index (χ0v) is 17.5. The van der Waals surface area contributed by atoms with Gasteiger partial charge in [-0.25, -0.2) is 4.39 Å². The molecule has 7 nitrogen and oxygen atoms in total. The molecule has 10 heteroatoms. The Hall–Kier alpha value is -2.91. The van der Waals surface area contributed by atoms with Gasteiger partial charge in [-0.15, -0.1) is 10.2 Å². The number of rotatable bonds is 8. The summed E-state index contributed by atoms with van der Waals surface area (Å²) in [4.78, 5) is 24.0. The van der Waals surface area contributed by atoms with Gasteiger partial charge in [-0.05, 0) is 43.3 Å². The summed E-state index contributed by atoms with van der Waals surface area (Å²) in [6.45, 7) is 2.52. The summed E-state index contributed by atoms with van der Waals surface area (Å²) in [7, 11) is 0. The highest BCUT2D eigenvalue weighted by atomic mass is 35.5. The van der Waals surface area contributed by atoms with Crippen LogP contribution in [0.3, 0.4) is 0 Å². The monoisotopic (exact) mass is 448 g/mol. The minimum atomic E-state index is -1.30. The predicted octanol–water partition coefficient (Wildman–Crippen LogP) is 3.62. The van der Waals surface area contributed by atoms with Gasteiger partial charge < -0.3 is 15.0 Å². The number of nitrogens with two attached hydrogens (primary N) is 1. The Morgan fingerprint density at radius 2 is 1.83 bits per heavy atom.